The molecule has 1 aliphatic carbocycles. The second-order valence-electron chi connectivity index (χ2n) is 8.81. The Labute approximate surface area is 190 Å². The van der Waals surface area contributed by atoms with Crippen LogP contribution < -0.4 is 15.4 Å². The van der Waals surface area contributed by atoms with Crippen LogP contribution in [0.3, 0.4) is 0 Å². The molecule has 1 fully saturated rings. The van der Waals surface area contributed by atoms with Crippen molar-refractivity contribution >= 4 is 16.9 Å². The molecular weight excluding hydrogens is 400 g/mol. The number of hydrogen-bond acceptors (Lipinski definition) is 4. The maximum absolute atomic E-state index is 12.9. The van der Waals surface area contributed by atoms with Crippen LogP contribution in [-0.2, 0) is 6.54 Å². The first-order chi connectivity index (χ1) is 15.7. The van der Waals surface area contributed by atoms with Gasteiger partial charge >= 0.3 is 0 Å². The number of rotatable bonds is 7. The van der Waals surface area contributed by atoms with Gasteiger partial charge in [0.15, 0.2) is 17.1 Å². The number of nitrogens with one attached hydrogen (secondary N) is 2. The van der Waals surface area contributed by atoms with Crippen LogP contribution in [0.15, 0.2) is 52.9 Å². The Morgan fingerprint density at radius 1 is 1.06 bits per heavy atom. The van der Waals surface area contributed by atoms with E-state index in [0.717, 1.165) is 23.1 Å². The van der Waals surface area contributed by atoms with Crippen molar-refractivity contribution in [2.75, 3.05) is 7.11 Å². The molecule has 1 aromatic heterocycles. The number of furan rings is 1. The number of fused-ring (bicyclic) bond motifs is 1. The van der Waals surface area contributed by atoms with E-state index in [0.29, 0.717) is 23.1 Å². The van der Waals surface area contributed by atoms with Crippen LogP contribution in [-0.4, -0.2) is 19.1 Å². The summed E-state index contributed by atoms with van der Waals surface area (Å²) >= 11 is 0. The lowest BCUT2D eigenvalue weighted by atomic mass is 9.96. The second kappa shape index (κ2) is 10.7. The summed E-state index contributed by atoms with van der Waals surface area (Å²) in [4.78, 5) is 12.9. The predicted octanol–water partition coefficient (Wildman–Crippen LogP) is 6.13. The zero-order chi connectivity index (χ0) is 22.3. The SMILES string of the molecule is COc1ccc(CNC2CCCCCCC2)c2cc(C(=O)NC(C)c3ccccc3)oc12. The average molecular weight is 435 g/mol. The van der Waals surface area contributed by atoms with Crippen molar-refractivity contribution in [3.8, 4) is 5.75 Å². The van der Waals surface area contributed by atoms with Gasteiger partial charge in [0.25, 0.3) is 5.91 Å². The minimum atomic E-state index is -0.224. The molecule has 1 atom stereocenters. The van der Waals surface area contributed by atoms with Crippen molar-refractivity contribution in [3.05, 3.63) is 65.4 Å². The molecule has 5 nitrogen and oxygen atoms in total. The van der Waals surface area contributed by atoms with Gasteiger partial charge in [-0.2, -0.15) is 0 Å². The molecule has 1 heterocycles. The summed E-state index contributed by atoms with van der Waals surface area (Å²) < 4.78 is 11.5. The van der Waals surface area contributed by atoms with Gasteiger partial charge in [0.2, 0.25) is 0 Å². The first kappa shape index (κ1) is 22.4. The average Bonchev–Trinajstić information content (AvgIpc) is 3.25. The molecule has 0 radical (unpaired) electrons. The molecule has 170 valence electrons. The number of carbonyl (C=O) groups excluding carboxylic acids is 1. The minimum Gasteiger partial charge on any atom is -0.493 e. The van der Waals surface area contributed by atoms with Gasteiger partial charge in [-0.25, -0.2) is 0 Å². The summed E-state index contributed by atoms with van der Waals surface area (Å²) in [5, 5.41) is 7.71. The fourth-order valence-electron chi connectivity index (χ4n) is 4.59. The first-order valence-corrected chi connectivity index (χ1v) is 11.8. The zero-order valence-electron chi connectivity index (χ0n) is 19.2. The van der Waals surface area contributed by atoms with E-state index in [-0.39, 0.29) is 11.9 Å². The van der Waals surface area contributed by atoms with Crippen LogP contribution in [0.1, 0.15) is 79.6 Å². The minimum absolute atomic E-state index is 0.112. The van der Waals surface area contributed by atoms with Gasteiger partial charge in [0.1, 0.15) is 0 Å². The normalized spacial score (nSPS) is 16.3. The summed E-state index contributed by atoms with van der Waals surface area (Å²) in [6.45, 7) is 2.73. The lowest BCUT2D eigenvalue weighted by Crippen LogP contribution is -2.29. The van der Waals surface area contributed by atoms with Crippen molar-refractivity contribution in [2.24, 2.45) is 0 Å². The Balaban J connectivity index is 1.51. The van der Waals surface area contributed by atoms with E-state index in [2.05, 4.69) is 16.7 Å². The van der Waals surface area contributed by atoms with E-state index in [1.165, 1.54) is 44.9 Å². The molecule has 2 N–H and O–H groups in total. The Bertz CT molecular complexity index is 1020. The largest absolute Gasteiger partial charge is 0.493 e. The molecule has 32 heavy (non-hydrogen) atoms. The first-order valence-electron chi connectivity index (χ1n) is 11.8. The van der Waals surface area contributed by atoms with E-state index < -0.39 is 0 Å². The third kappa shape index (κ3) is 5.33. The monoisotopic (exact) mass is 434 g/mol. The van der Waals surface area contributed by atoms with Gasteiger partial charge in [0, 0.05) is 18.0 Å². The number of carbonyl (C=O) groups is 1. The van der Waals surface area contributed by atoms with E-state index >= 15 is 0 Å². The molecule has 0 aliphatic heterocycles. The highest BCUT2D eigenvalue weighted by molar-refractivity contribution is 5.98. The Morgan fingerprint density at radius 3 is 2.50 bits per heavy atom. The molecule has 1 aliphatic rings. The smallest absolute Gasteiger partial charge is 0.287 e. The molecular formula is C27H34N2O3. The van der Waals surface area contributed by atoms with Crippen LogP contribution in [0, 0.1) is 0 Å². The molecule has 0 spiro atoms. The van der Waals surface area contributed by atoms with Crippen molar-refractivity contribution in [2.45, 2.75) is 70.5 Å². The lowest BCUT2D eigenvalue weighted by Gasteiger charge is -2.21. The summed E-state index contributed by atoms with van der Waals surface area (Å²) in [5.41, 5.74) is 2.81. The van der Waals surface area contributed by atoms with Crippen LogP contribution in [0.2, 0.25) is 0 Å². The highest BCUT2D eigenvalue weighted by atomic mass is 16.5. The molecule has 1 amide bonds. The predicted molar refractivity (Wildman–Crippen MR) is 128 cm³/mol. The number of amides is 1. The van der Waals surface area contributed by atoms with Gasteiger partial charge in [-0.3, -0.25) is 4.79 Å². The zero-order valence-corrected chi connectivity index (χ0v) is 19.2. The Kier molecular flexibility index (Phi) is 7.48. The fourth-order valence-corrected chi connectivity index (χ4v) is 4.59. The maximum Gasteiger partial charge on any atom is 0.287 e. The molecule has 0 saturated heterocycles. The molecule has 4 rings (SSSR count). The number of ether oxygens (including phenoxy) is 1. The maximum atomic E-state index is 12.9. The standard InChI is InChI=1S/C27H34N2O3/c1-19(20-11-7-6-8-12-20)29-27(30)25-17-23-21(15-16-24(31-2)26(23)32-25)18-28-22-13-9-4-3-5-10-14-22/h6-8,11-12,15-17,19,22,28H,3-5,9-10,13-14,18H2,1-2H3,(H,29,30). The molecule has 2 aromatic carbocycles. The quantitative estimate of drug-likeness (QED) is 0.469. The van der Waals surface area contributed by atoms with Gasteiger partial charge in [-0.05, 0) is 43.0 Å². The summed E-state index contributed by atoms with van der Waals surface area (Å²) in [5.74, 6) is 0.725. The van der Waals surface area contributed by atoms with E-state index in [1.807, 2.05) is 49.4 Å². The van der Waals surface area contributed by atoms with Crippen molar-refractivity contribution in [1.29, 1.82) is 0 Å². The second-order valence-corrected chi connectivity index (χ2v) is 8.81. The van der Waals surface area contributed by atoms with Crippen molar-refractivity contribution < 1.29 is 13.9 Å². The van der Waals surface area contributed by atoms with Crippen LogP contribution in [0.5, 0.6) is 5.75 Å². The highest BCUT2D eigenvalue weighted by Crippen LogP contribution is 2.32. The van der Waals surface area contributed by atoms with Crippen molar-refractivity contribution in [1.82, 2.24) is 10.6 Å². The third-order valence-corrected chi connectivity index (χ3v) is 6.51. The summed E-state index contributed by atoms with van der Waals surface area (Å²) in [6, 6.07) is 16.2. The Hall–Kier alpha value is -2.79. The molecule has 1 unspecified atom stereocenters. The summed E-state index contributed by atoms with van der Waals surface area (Å²) in [6.07, 6.45) is 9.11. The lowest BCUT2D eigenvalue weighted by molar-refractivity contribution is 0.0914. The van der Waals surface area contributed by atoms with Crippen LogP contribution in [0.25, 0.3) is 11.0 Å². The Morgan fingerprint density at radius 2 is 1.78 bits per heavy atom. The van der Waals surface area contributed by atoms with E-state index in [9.17, 15) is 4.79 Å². The van der Waals surface area contributed by atoms with E-state index in [4.69, 9.17) is 9.15 Å². The third-order valence-electron chi connectivity index (χ3n) is 6.51. The molecule has 0 bridgehead atoms. The number of hydrogen-bond donors (Lipinski definition) is 2. The number of methoxy groups -OCH3 is 1. The van der Waals surface area contributed by atoms with Gasteiger partial charge in [0.05, 0.1) is 13.2 Å². The van der Waals surface area contributed by atoms with Gasteiger partial charge in [-0.1, -0.05) is 68.5 Å². The van der Waals surface area contributed by atoms with Gasteiger partial charge in [-0.15, -0.1) is 0 Å². The molecule has 1 saturated carbocycles. The molecule has 3 aromatic rings. The van der Waals surface area contributed by atoms with Gasteiger partial charge < -0.3 is 19.8 Å². The van der Waals surface area contributed by atoms with Crippen LogP contribution >= 0.6 is 0 Å². The van der Waals surface area contributed by atoms with Crippen molar-refractivity contribution in [3.63, 3.8) is 0 Å². The highest BCUT2D eigenvalue weighted by Gasteiger charge is 2.20. The molecule has 5 heteroatoms. The van der Waals surface area contributed by atoms with Crippen LogP contribution in [0.4, 0.5) is 0 Å². The number of benzene rings is 2. The fraction of sp³-hybridized carbons (Fsp3) is 0.444. The summed E-state index contributed by atoms with van der Waals surface area (Å²) in [7, 11) is 1.63. The topological polar surface area (TPSA) is 63.5 Å². The van der Waals surface area contributed by atoms with E-state index in [1.54, 1.807) is 7.11 Å².